The van der Waals surface area contributed by atoms with Crippen LogP contribution >= 0.6 is 0 Å². The molecule has 0 aromatic heterocycles. The molecule has 1 rings (SSSR count). The van der Waals surface area contributed by atoms with E-state index in [4.69, 9.17) is 5.73 Å². The largest absolute Gasteiger partial charge is 0.341 e. The maximum Gasteiger partial charge on any atom is 0.239 e. The highest BCUT2D eigenvalue weighted by atomic mass is 16.2. The quantitative estimate of drug-likeness (QED) is 0.753. The summed E-state index contributed by atoms with van der Waals surface area (Å²) >= 11 is 0. The third-order valence-electron chi connectivity index (χ3n) is 3.44. The summed E-state index contributed by atoms with van der Waals surface area (Å²) in [4.78, 5) is 14.0. The first-order valence-electron chi connectivity index (χ1n) is 6.59. The Labute approximate surface area is 99.4 Å². The second-order valence-electron chi connectivity index (χ2n) is 5.41. The molecule has 1 atom stereocenters. The molecule has 1 aliphatic carbocycles. The van der Waals surface area contributed by atoms with Crippen molar-refractivity contribution < 1.29 is 4.79 Å². The summed E-state index contributed by atoms with van der Waals surface area (Å²) in [7, 11) is 0. The van der Waals surface area contributed by atoms with Crippen LogP contribution in [0.1, 0.15) is 46.5 Å². The number of rotatable bonds is 6. The van der Waals surface area contributed by atoms with Gasteiger partial charge >= 0.3 is 0 Å². The van der Waals surface area contributed by atoms with Crippen molar-refractivity contribution in [2.75, 3.05) is 13.1 Å². The maximum atomic E-state index is 12.1. The molecule has 1 amide bonds. The predicted octanol–water partition coefficient (Wildman–Crippen LogP) is 2.01. The van der Waals surface area contributed by atoms with Crippen LogP contribution in [0, 0.1) is 11.8 Å². The Bertz CT molecular complexity index is 224. The monoisotopic (exact) mass is 226 g/mol. The van der Waals surface area contributed by atoms with Crippen molar-refractivity contribution in [2.45, 2.75) is 52.5 Å². The van der Waals surface area contributed by atoms with Gasteiger partial charge in [0.15, 0.2) is 0 Å². The second kappa shape index (κ2) is 6.24. The van der Waals surface area contributed by atoms with E-state index in [0.717, 1.165) is 25.4 Å². The molecule has 0 radical (unpaired) electrons. The van der Waals surface area contributed by atoms with E-state index < -0.39 is 0 Å². The second-order valence-corrected chi connectivity index (χ2v) is 5.41. The van der Waals surface area contributed by atoms with Gasteiger partial charge in [-0.3, -0.25) is 4.79 Å². The lowest BCUT2D eigenvalue weighted by Crippen LogP contribution is -2.46. The highest BCUT2D eigenvalue weighted by Crippen LogP contribution is 2.27. The highest BCUT2D eigenvalue weighted by Gasteiger charge is 2.25. The zero-order chi connectivity index (χ0) is 12.1. The molecule has 3 heteroatoms. The van der Waals surface area contributed by atoms with Gasteiger partial charge < -0.3 is 10.6 Å². The summed E-state index contributed by atoms with van der Waals surface area (Å²) in [6.45, 7) is 7.96. The molecular weight excluding hydrogens is 200 g/mol. The van der Waals surface area contributed by atoms with Gasteiger partial charge in [-0.15, -0.1) is 0 Å². The van der Waals surface area contributed by atoms with Crippen molar-refractivity contribution in [2.24, 2.45) is 17.6 Å². The Morgan fingerprint density at radius 3 is 2.44 bits per heavy atom. The van der Waals surface area contributed by atoms with Gasteiger partial charge in [-0.05, 0) is 38.0 Å². The first-order valence-corrected chi connectivity index (χ1v) is 6.59. The van der Waals surface area contributed by atoms with E-state index in [9.17, 15) is 4.79 Å². The van der Waals surface area contributed by atoms with E-state index in [-0.39, 0.29) is 11.9 Å². The number of amides is 1. The molecule has 0 saturated heterocycles. The number of likely N-dealkylation sites (N-methyl/N-ethyl adjacent to an activating group) is 1. The first-order chi connectivity index (χ1) is 7.54. The van der Waals surface area contributed by atoms with Crippen LogP contribution in [-0.4, -0.2) is 29.9 Å². The summed E-state index contributed by atoms with van der Waals surface area (Å²) in [6, 6.07) is -0.306. The smallest absolute Gasteiger partial charge is 0.239 e. The van der Waals surface area contributed by atoms with Crippen molar-refractivity contribution in [1.82, 2.24) is 4.90 Å². The van der Waals surface area contributed by atoms with Gasteiger partial charge in [0.25, 0.3) is 0 Å². The molecule has 94 valence electrons. The number of nitrogens with zero attached hydrogens (tertiary/aromatic N) is 1. The van der Waals surface area contributed by atoms with Crippen LogP contribution in [0.2, 0.25) is 0 Å². The van der Waals surface area contributed by atoms with E-state index in [2.05, 4.69) is 13.8 Å². The maximum absolute atomic E-state index is 12.1. The first kappa shape index (κ1) is 13.5. The van der Waals surface area contributed by atoms with Gasteiger partial charge in [0.05, 0.1) is 6.04 Å². The zero-order valence-electron chi connectivity index (χ0n) is 10.9. The Hall–Kier alpha value is -0.570. The van der Waals surface area contributed by atoms with Crippen LogP contribution < -0.4 is 5.73 Å². The van der Waals surface area contributed by atoms with Crippen molar-refractivity contribution in [3.05, 3.63) is 0 Å². The van der Waals surface area contributed by atoms with Crippen LogP contribution in [0.3, 0.4) is 0 Å². The molecule has 16 heavy (non-hydrogen) atoms. The standard InChI is InChI=1S/C13H26N2O/c1-4-15(9-11-6-5-7-11)13(16)12(14)8-10(2)3/h10-12H,4-9,14H2,1-3H3. The highest BCUT2D eigenvalue weighted by molar-refractivity contribution is 5.81. The minimum Gasteiger partial charge on any atom is -0.341 e. The fourth-order valence-corrected chi connectivity index (χ4v) is 2.21. The summed E-state index contributed by atoms with van der Waals surface area (Å²) < 4.78 is 0. The molecule has 2 N–H and O–H groups in total. The van der Waals surface area contributed by atoms with Crippen LogP contribution in [0.15, 0.2) is 0 Å². The SMILES string of the molecule is CCN(CC1CCC1)C(=O)C(N)CC(C)C. The topological polar surface area (TPSA) is 46.3 Å². The molecule has 0 spiro atoms. The molecule has 0 bridgehead atoms. The van der Waals surface area contributed by atoms with Gasteiger partial charge in [-0.1, -0.05) is 20.3 Å². The summed E-state index contributed by atoms with van der Waals surface area (Å²) in [5.41, 5.74) is 5.94. The van der Waals surface area contributed by atoms with Crippen LogP contribution in [-0.2, 0) is 4.79 Å². The number of carbonyl (C=O) groups excluding carboxylic acids is 1. The number of carbonyl (C=O) groups is 1. The van der Waals surface area contributed by atoms with Crippen molar-refractivity contribution in [1.29, 1.82) is 0 Å². The Kier molecular flexibility index (Phi) is 5.26. The lowest BCUT2D eigenvalue weighted by molar-refractivity contribution is -0.133. The molecular formula is C13H26N2O. The van der Waals surface area contributed by atoms with E-state index in [1.807, 2.05) is 11.8 Å². The molecule has 0 heterocycles. The normalized spacial score (nSPS) is 18.3. The van der Waals surface area contributed by atoms with Crippen molar-refractivity contribution in [3.8, 4) is 0 Å². The lowest BCUT2D eigenvalue weighted by atomic mass is 9.85. The van der Waals surface area contributed by atoms with Crippen molar-refractivity contribution >= 4 is 5.91 Å². The van der Waals surface area contributed by atoms with Crippen molar-refractivity contribution in [3.63, 3.8) is 0 Å². The van der Waals surface area contributed by atoms with E-state index in [1.165, 1.54) is 19.3 Å². The van der Waals surface area contributed by atoms with Crippen LogP contribution in [0.5, 0.6) is 0 Å². The average Bonchev–Trinajstić information content (AvgIpc) is 2.14. The van der Waals surface area contributed by atoms with Gasteiger partial charge in [0, 0.05) is 13.1 Å². The van der Waals surface area contributed by atoms with Gasteiger partial charge in [-0.25, -0.2) is 0 Å². The summed E-state index contributed by atoms with van der Waals surface area (Å²) in [5.74, 6) is 1.36. The molecule has 0 aromatic carbocycles. The fraction of sp³-hybridized carbons (Fsp3) is 0.923. The van der Waals surface area contributed by atoms with Crippen LogP contribution in [0.25, 0.3) is 0 Å². The van der Waals surface area contributed by atoms with E-state index in [0.29, 0.717) is 5.92 Å². The summed E-state index contributed by atoms with van der Waals surface area (Å²) in [5, 5.41) is 0. The Morgan fingerprint density at radius 1 is 1.44 bits per heavy atom. The fourth-order valence-electron chi connectivity index (χ4n) is 2.21. The van der Waals surface area contributed by atoms with Gasteiger partial charge in [0.2, 0.25) is 5.91 Å². The molecule has 0 aliphatic heterocycles. The molecule has 1 fully saturated rings. The molecule has 3 nitrogen and oxygen atoms in total. The third-order valence-corrected chi connectivity index (χ3v) is 3.44. The van der Waals surface area contributed by atoms with Gasteiger partial charge in [-0.2, -0.15) is 0 Å². The molecule has 1 aliphatic rings. The Morgan fingerprint density at radius 2 is 2.06 bits per heavy atom. The van der Waals surface area contributed by atoms with E-state index >= 15 is 0 Å². The van der Waals surface area contributed by atoms with Crippen LogP contribution in [0.4, 0.5) is 0 Å². The number of nitrogens with two attached hydrogens (primary N) is 1. The molecule has 0 aromatic rings. The molecule has 1 saturated carbocycles. The summed E-state index contributed by atoms with van der Waals surface area (Å²) in [6.07, 6.45) is 4.68. The zero-order valence-corrected chi connectivity index (χ0v) is 10.9. The minimum atomic E-state index is -0.306. The predicted molar refractivity (Wildman–Crippen MR) is 67.0 cm³/mol. The number of hydrogen-bond acceptors (Lipinski definition) is 2. The lowest BCUT2D eigenvalue weighted by Gasteiger charge is -2.33. The number of hydrogen-bond donors (Lipinski definition) is 1. The average molecular weight is 226 g/mol. The minimum absolute atomic E-state index is 0.142. The third kappa shape index (κ3) is 3.78. The van der Waals surface area contributed by atoms with E-state index in [1.54, 1.807) is 0 Å². The molecule has 1 unspecified atom stereocenters. The Balaban J connectivity index is 2.40. The van der Waals surface area contributed by atoms with Gasteiger partial charge in [0.1, 0.15) is 0 Å².